The monoisotopic (exact) mass is 792 g/mol. The van der Waals surface area contributed by atoms with Crippen molar-refractivity contribution in [3.05, 3.63) is 0 Å². The van der Waals surface area contributed by atoms with Gasteiger partial charge in [-0.25, -0.2) is 0 Å². The molecule has 0 spiro atoms. The normalized spacial score (nSPS) is 19.1. The van der Waals surface area contributed by atoms with E-state index in [1.165, 1.54) is 0 Å². The first-order valence-electron chi connectivity index (χ1n) is 17.9. The SMILES string of the molecule is CC(C)(C)[Si](C)([Se][Si]1([Si](C)(C(C)(C)C)C(C)(C)C)[Si]([Si](C)(C(C)(C)C)C(C)(C)C)=[Si]1[Si](C)(C(C)(C)C)C(C)(C)C)C(C)(C)C. The molecule has 0 saturated heterocycles. The summed E-state index contributed by atoms with van der Waals surface area (Å²) in [5.41, 5.74) is 0. The van der Waals surface area contributed by atoms with Gasteiger partial charge in [0.2, 0.25) is 0 Å². The van der Waals surface area contributed by atoms with E-state index in [-0.39, 0.29) is 0 Å². The fourth-order valence-corrected chi connectivity index (χ4v) is 431. The van der Waals surface area contributed by atoms with Crippen molar-refractivity contribution in [2.45, 2.75) is 233 Å². The summed E-state index contributed by atoms with van der Waals surface area (Å²) in [6, 6.07) is 0. The van der Waals surface area contributed by atoms with Gasteiger partial charge < -0.3 is 0 Å². The fraction of sp³-hybridized carbons (Fsp3) is 1.00. The van der Waals surface area contributed by atoms with Crippen LogP contribution in [0.25, 0.3) is 0 Å². The van der Waals surface area contributed by atoms with Crippen molar-refractivity contribution in [3.8, 4) is 0 Å². The zero-order valence-corrected chi connectivity index (χ0v) is 44.6. The Labute approximate surface area is 292 Å². The second kappa shape index (κ2) is 11.5. The summed E-state index contributed by atoms with van der Waals surface area (Å²) in [6.07, 6.45) is 0. The zero-order chi connectivity index (χ0) is 36.4. The summed E-state index contributed by atoms with van der Waals surface area (Å²) in [5.74, 6) is 0. The second-order valence-corrected chi connectivity index (χ2v) is 107. The first-order chi connectivity index (χ1) is 18.4. The topological polar surface area (TPSA) is 0 Å². The molecule has 0 nitrogen and oxygen atoms in total. The summed E-state index contributed by atoms with van der Waals surface area (Å²) < 4.78 is 0. The molecule has 0 radical (unpaired) electrons. The minimum absolute atomic E-state index is 0.432. The average Bonchev–Trinajstić information content (AvgIpc) is 3.34. The van der Waals surface area contributed by atoms with Crippen LogP contribution in [-0.2, 0) is 0 Å². The van der Waals surface area contributed by atoms with Gasteiger partial charge in [0.05, 0.1) is 0 Å². The third-order valence-corrected chi connectivity index (χ3v) is 215. The van der Waals surface area contributed by atoms with Gasteiger partial charge in [-0.2, -0.15) is 0 Å². The molecule has 0 aliphatic carbocycles. The van der Waals surface area contributed by atoms with Gasteiger partial charge in [-0.1, -0.05) is 0 Å². The molecule has 0 unspecified atom stereocenters. The third kappa shape index (κ3) is 6.16. The molecule has 0 fully saturated rings. The van der Waals surface area contributed by atoms with E-state index in [0.29, 0.717) is 40.3 Å². The molecule has 1 aliphatic heterocycles. The van der Waals surface area contributed by atoms with Crippen molar-refractivity contribution in [2.24, 2.45) is 0 Å². The summed E-state index contributed by atoms with van der Waals surface area (Å²) in [7, 11) is -5.34. The van der Waals surface area contributed by atoms with E-state index in [0.717, 1.165) is 13.7 Å². The summed E-state index contributed by atoms with van der Waals surface area (Å²) >= 11 is 0.830. The summed E-state index contributed by atoms with van der Waals surface area (Å²) in [4.78, 5) is 0. The minimum atomic E-state index is -1.84. The van der Waals surface area contributed by atoms with Crippen LogP contribution in [0.15, 0.2) is 0 Å². The molecule has 0 atom stereocenters. The van der Waals surface area contributed by atoms with Gasteiger partial charge in [-0.05, 0) is 0 Å². The van der Waals surface area contributed by atoms with Crippen LogP contribution >= 0.6 is 0 Å². The molecule has 1 rings (SSSR count). The van der Waals surface area contributed by atoms with Crippen LogP contribution in [0, 0.1) is 0 Å². The molecule has 262 valence electrons. The Morgan fingerprint density at radius 1 is 0.341 bits per heavy atom. The van der Waals surface area contributed by atoms with Crippen LogP contribution in [0.4, 0.5) is 0 Å². The van der Waals surface area contributed by atoms with Crippen molar-refractivity contribution in [2.75, 3.05) is 0 Å². The zero-order valence-electron chi connectivity index (χ0n) is 35.9. The van der Waals surface area contributed by atoms with E-state index in [1.807, 2.05) is 0 Å². The Balaban J connectivity index is 5.05. The Kier molecular flexibility index (Phi) is 11.5. The van der Waals surface area contributed by atoms with Crippen LogP contribution in [0.1, 0.15) is 166 Å². The van der Waals surface area contributed by atoms with Gasteiger partial charge >= 0.3 is 295 Å². The van der Waals surface area contributed by atoms with Crippen LogP contribution in [0.2, 0.25) is 66.5 Å². The van der Waals surface area contributed by atoms with Crippen molar-refractivity contribution in [1.82, 2.24) is 0 Å². The Hall–Kier alpha value is 2.04. The molecule has 0 aromatic carbocycles. The molecule has 8 heteroatoms. The van der Waals surface area contributed by atoms with Crippen LogP contribution < -0.4 is 0 Å². The molecule has 0 N–H and O–H groups in total. The first-order valence-corrected chi connectivity index (χ1v) is 43.9. The van der Waals surface area contributed by atoms with Crippen molar-refractivity contribution in [1.29, 1.82) is 0 Å². The van der Waals surface area contributed by atoms with E-state index < -0.39 is 48.5 Å². The molecular weight excluding hydrogens is 708 g/mol. The standard InChI is InChI=1S/C36H84SeSi7/c1-29(2,3)40(25,30(4,5)6)37-44(43(28,35(19,20)21)36(22,23)24)38(41(26,31(7,8)9)32(10,11)12)39(44)42(27,33(13,14)15)34(16,17)18/h1-28H3. The predicted molar refractivity (Wildman–Crippen MR) is 227 cm³/mol. The third-order valence-electron chi connectivity index (χ3n) is 14.8. The van der Waals surface area contributed by atoms with E-state index in [9.17, 15) is 0 Å². The van der Waals surface area contributed by atoms with E-state index in [1.54, 1.807) is 0 Å². The molecule has 1 aliphatic rings. The van der Waals surface area contributed by atoms with E-state index in [2.05, 4.69) is 192 Å². The molecule has 1 heterocycles. The number of hydrogen-bond acceptors (Lipinski definition) is 0. The average molecular weight is 793 g/mol. The molecule has 0 bridgehead atoms. The first kappa shape index (κ1) is 44.1. The Bertz CT molecular complexity index is 1000. The van der Waals surface area contributed by atoms with Crippen LogP contribution in [-0.4, -0.2) is 62.2 Å². The second-order valence-electron chi connectivity index (χ2n) is 23.9. The summed E-state index contributed by atoms with van der Waals surface area (Å²) in [6.45, 7) is 75.3. The van der Waals surface area contributed by atoms with Crippen LogP contribution in [0.5, 0.6) is 0 Å². The van der Waals surface area contributed by atoms with Gasteiger partial charge in [-0.15, -0.1) is 0 Å². The van der Waals surface area contributed by atoms with Gasteiger partial charge in [0, 0.05) is 0 Å². The van der Waals surface area contributed by atoms with E-state index in [4.69, 9.17) is 0 Å². The maximum atomic E-state index is 3.10. The van der Waals surface area contributed by atoms with Crippen molar-refractivity contribution >= 4 is 62.2 Å². The predicted octanol–water partition coefficient (Wildman–Crippen LogP) is 13.3. The van der Waals surface area contributed by atoms with Gasteiger partial charge in [0.25, 0.3) is 0 Å². The molecule has 0 saturated carbocycles. The maximum absolute atomic E-state index is 3.10. The van der Waals surface area contributed by atoms with E-state index >= 15 is 0 Å². The molecular formula is C36H84SeSi7. The van der Waals surface area contributed by atoms with Crippen molar-refractivity contribution in [3.63, 3.8) is 0 Å². The van der Waals surface area contributed by atoms with Gasteiger partial charge in [0.15, 0.2) is 0 Å². The number of hydrogen-bond donors (Lipinski definition) is 0. The summed E-state index contributed by atoms with van der Waals surface area (Å²) in [5, 5.41) is 1.79. The quantitative estimate of drug-likeness (QED) is 0.243. The number of rotatable bonds is 5. The van der Waals surface area contributed by atoms with Gasteiger partial charge in [-0.3, -0.25) is 0 Å². The fourth-order valence-electron chi connectivity index (χ4n) is 9.84. The van der Waals surface area contributed by atoms with Crippen LogP contribution in [0.3, 0.4) is 0 Å². The van der Waals surface area contributed by atoms with Crippen molar-refractivity contribution < 1.29 is 0 Å². The molecule has 0 aromatic heterocycles. The van der Waals surface area contributed by atoms with Gasteiger partial charge in [0.1, 0.15) is 0 Å². The molecule has 0 aromatic rings. The Morgan fingerprint density at radius 2 is 0.545 bits per heavy atom. The Morgan fingerprint density at radius 3 is 0.682 bits per heavy atom. The molecule has 44 heavy (non-hydrogen) atoms. The molecule has 0 amide bonds.